The normalized spacial score (nSPS) is 15.3. The van der Waals surface area contributed by atoms with Gasteiger partial charge in [-0.25, -0.2) is 0 Å². The standard InChI is InChI=1S/C33H40F3NO4Si/c1-25(37-30(39)33(34,35)36)29(26-15-9-6-10-16-26)41-32(5,21-23-38)22-24-40-42(31(2,3)4,27-17-11-7-12-18-27)28-19-13-8-14-20-28/h6-20,23,25,29H,21-22,24H2,1-5H3,(H,37,39)/t25-,29+,32-/m0/s1. The number of rotatable bonds is 13. The molecule has 0 radical (unpaired) electrons. The molecule has 0 unspecified atom stereocenters. The third-order valence-corrected chi connectivity index (χ3v) is 12.5. The number of benzene rings is 3. The van der Waals surface area contributed by atoms with Crippen LogP contribution in [0.3, 0.4) is 0 Å². The maximum absolute atomic E-state index is 13.1. The van der Waals surface area contributed by atoms with E-state index in [1.54, 1.807) is 37.3 Å². The zero-order valence-corrected chi connectivity index (χ0v) is 25.8. The molecule has 3 aromatic rings. The maximum atomic E-state index is 13.1. The summed E-state index contributed by atoms with van der Waals surface area (Å²) in [4.78, 5) is 23.6. The van der Waals surface area contributed by atoms with Crippen molar-refractivity contribution in [1.82, 2.24) is 5.32 Å². The van der Waals surface area contributed by atoms with Gasteiger partial charge in [-0.2, -0.15) is 13.2 Å². The van der Waals surface area contributed by atoms with Gasteiger partial charge in [-0.15, -0.1) is 0 Å². The van der Waals surface area contributed by atoms with Crippen molar-refractivity contribution in [2.75, 3.05) is 6.61 Å². The van der Waals surface area contributed by atoms with Crippen molar-refractivity contribution in [2.45, 2.75) is 76.4 Å². The predicted octanol–water partition coefficient (Wildman–Crippen LogP) is 6.13. The van der Waals surface area contributed by atoms with Gasteiger partial charge in [0.2, 0.25) is 0 Å². The Labute approximate surface area is 247 Å². The fourth-order valence-electron chi connectivity index (χ4n) is 5.34. The van der Waals surface area contributed by atoms with Gasteiger partial charge in [0.15, 0.2) is 0 Å². The van der Waals surface area contributed by atoms with Crippen LogP contribution in [0.4, 0.5) is 13.2 Å². The first-order chi connectivity index (χ1) is 19.7. The molecule has 3 atom stereocenters. The smallest absolute Gasteiger partial charge is 0.407 e. The van der Waals surface area contributed by atoms with Crippen molar-refractivity contribution in [2.24, 2.45) is 0 Å². The summed E-state index contributed by atoms with van der Waals surface area (Å²) in [6, 6.07) is 27.9. The lowest BCUT2D eigenvalue weighted by molar-refractivity contribution is -0.176. The zero-order chi connectivity index (χ0) is 31.0. The minimum atomic E-state index is -5.04. The van der Waals surface area contributed by atoms with E-state index in [-0.39, 0.29) is 18.1 Å². The first kappa shape index (κ1) is 33.2. The summed E-state index contributed by atoms with van der Waals surface area (Å²) in [5.74, 6) is -2.05. The second-order valence-corrected chi connectivity index (χ2v) is 16.1. The van der Waals surface area contributed by atoms with Gasteiger partial charge in [-0.1, -0.05) is 112 Å². The van der Waals surface area contributed by atoms with Crippen molar-refractivity contribution in [3.05, 3.63) is 96.6 Å². The number of halogens is 3. The summed E-state index contributed by atoms with van der Waals surface area (Å²) in [5.41, 5.74) is -0.511. The highest BCUT2D eigenvalue weighted by Gasteiger charge is 2.50. The van der Waals surface area contributed by atoms with Crippen LogP contribution in [-0.2, 0) is 18.8 Å². The molecular formula is C33H40F3NO4Si. The van der Waals surface area contributed by atoms with E-state index in [0.29, 0.717) is 12.0 Å². The molecule has 0 aromatic heterocycles. The molecule has 226 valence electrons. The number of alkyl halides is 3. The number of amides is 1. The molecule has 0 saturated carbocycles. The molecule has 0 heterocycles. The Morgan fingerprint density at radius 1 is 0.857 bits per heavy atom. The van der Waals surface area contributed by atoms with Crippen molar-refractivity contribution in [3.8, 4) is 0 Å². The maximum Gasteiger partial charge on any atom is 0.471 e. The Morgan fingerprint density at radius 3 is 1.76 bits per heavy atom. The number of hydrogen-bond donors (Lipinski definition) is 1. The quantitative estimate of drug-likeness (QED) is 0.190. The molecule has 0 fully saturated rings. The van der Waals surface area contributed by atoms with E-state index in [4.69, 9.17) is 9.16 Å². The van der Waals surface area contributed by atoms with Gasteiger partial charge < -0.3 is 19.3 Å². The largest absolute Gasteiger partial charge is 0.471 e. The molecule has 3 rings (SSSR count). The summed E-state index contributed by atoms with van der Waals surface area (Å²) in [7, 11) is -2.87. The molecule has 0 aliphatic rings. The SMILES string of the molecule is C[C@H](NC(=O)C(F)(F)F)[C@@H](O[C@@](C)(CC=O)CCO[Si](c1ccccc1)(c1ccccc1)C(C)(C)C)c1ccccc1. The third-order valence-electron chi connectivity index (χ3n) is 7.49. The average molecular weight is 600 g/mol. The monoisotopic (exact) mass is 599 g/mol. The molecule has 0 spiro atoms. The highest BCUT2D eigenvalue weighted by Crippen LogP contribution is 2.38. The number of nitrogens with one attached hydrogen (secondary N) is 1. The van der Waals surface area contributed by atoms with Gasteiger partial charge >= 0.3 is 12.1 Å². The third kappa shape index (κ3) is 7.96. The van der Waals surface area contributed by atoms with E-state index in [1.165, 1.54) is 6.92 Å². The van der Waals surface area contributed by atoms with Gasteiger partial charge in [0.05, 0.1) is 11.6 Å². The van der Waals surface area contributed by atoms with Crippen LogP contribution in [0.25, 0.3) is 0 Å². The molecule has 42 heavy (non-hydrogen) atoms. The minimum absolute atomic E-state index is 0.0135. The molecule has 9 heteroatoms. The Balaban J connectivity index is 1.94. The van der Waals surface area contributed by atoms with Crippen molar-refractivity contribution < 1.29 is 31.9 Å². The average Bonchev–Trinajstić information content (AvgIpc) is 2.94. The fraction of sp³-hybridized carbons (Fsp3) is 0.394. The lowest BCUT2D eigenvalue weighted by Crippen LogP contribution is -2.66. The van der Waals surface area contributed by atoms with Crippen LogP contribution in [0.5, 0.6) is 0 Å². The molecule has 0 saturated heterocycles. The number of carbonyl (C=O) groups is 2. The molecule has 5 nitrogen and oxygen atoms in total. The number of hydrogen-bond acceptors (Lipinski definition) is 4. The second-order valence-electron chi connectivity index (χ2n) is 11.8. The van der Waals surface area contributed by atoms with Gasteiger partial charge in [0.1, 0.15) is 12.4 Å². The number of carbonyl (C=O) groups excluding carboxylic acids is 2. The van der Waals surface area contributed by atoms with Crippen molar-refractivity contribution in [1.29, 1.82) is 0 Å². The fourth-order valence-corrected chi connectivity index (χ4v) is 9.90. The van der Waals surface area contributed by atoms with Crippen LogP contribution in [0, 0.1) is 0 Å². The first-order valence-corrected chi connectivity index (χ1v) is 15.9. The minimum Gasteiger partial charge on any atom is -0.407 e. The molecule has 0 aliphatic heterocycles. The van der Waals surface area contributed by atoms with Crippen molar-refractivity contribution in [3.63, 3.8) is 0 Å². The number of ether oxygens (including phenoxy) is 1. The van der Waals surface area contributed by atoms with Gasteiger partial charge in [0, 0.05) is 13.0 Å². The molecule has 1 N–H and O–H groups in total. The lowest BCUT2D eigenvalue weighted by atomic mass is 9.96. The molecule has 3 aromatic carbocycles. The molecule has 0 bridgehead atoms. The van der Waals surface area contributed by atoms with Crippen LogP contribution < -0.4 is 15.7 Å². The van der Waals surface area contributed by atoms with E-state index in [9.17, 15) is 22.8 Å². The highest BCUT2D eigenvalue weighted by molar-refractivity contribution is 6.99. The predicted molar refractivity (Wildman–Crippen MR) is 161 cm³/mol. The molecule has 0 aliphatic carbocycles. The zero-order valence-electron chi connectivity index (χ0n) is 24.8. The summed E-state index contributed by atoms with van der Waals surface area (Å²) >= 11 is 0. The number of aldehydes is 1. The summed E-state index contributed by atoms with van der Waals surface area (Å²) in [5, 5.41) is 3.97. The Bertz CT molecular complexity index is 1240. The topological polar surface area (TPSA) is 64.6 Å². The first-order valence-electron chi connectivity index (χ1n) is 14.0. The van der Waals surface area contributed by atoms with E-state index in [1.807, 2.05) is 41.7 Å². The summed E-state index contributed by atoms with van der Waals surface area (Å²) < 4.78 is 52.7. The van der Waals surface area contributed by atoms with Gasteiger partial charge in [-0.3, -0.25) is 4.79 Å². The molecular weight excluding hydrogens is 559 g/mol. The van der Waals surface area contributed by atoms with E-state index in [2.05, 4.69) is 45.0 Å². The Kier molecular flexibility index (Phi) is 10.9. The van der Waals surface area contributed by atoms with E-state index < -0.39 is 38.1 Å². The van der Waals surface area contributed by atoms with Gasteiger partial charge in [-0.05, 0) is 41.2 Å². The van der Waals surface area contributed by atoms with Crippen molar-refractivity contribution >= 4 is 30.9 Å². The van der Waals surface area contributed by atoms with Crippen LogP contribution in [0.2, 0.25) is 5.04 Å². The molecule has 1 amide bonds. The summed E-state index contributed by atoms with van der Waals surface area (Å²) in [6.07, 6.45) is -4.97. The van der Waals surface area contributed by atoms with E-state index >= 15 is 0 Å². The van der Waals surface area contributed by atoms with E-state index in [0.717, 1.165) is 16.7 Å². The highest BCUT2D eigenvalue weighted by atomic mass is 28.4. The lowest BCUT2D eigenvalue weighted by Gasteiger charge is -2.44. The van der Waals surface area contributed by atoms with Crippen LogP contribution >= 0.6 is 0 Å². The Hall–Kier alpha value is -3.27. The second kappa shape index (κ2) is 13.8. The van der Waals surface area contributed by atoms with Crippen LogP contribution in [0.1, 0.15) is 59.1 Å². The van der Waals surface area contributed by atoms with Crippen LogP contribution in [0.15, 0.2) is 91.0 Å². The summed E-state index contributed by atoms with van der Waals surface area (Å²) in [6.45, 7) is 9.94. The van der Waals surface area contributed by atoms with Gasteiger partial charge in [0.25, 0.3) is 8.32 Å². The van der Waals surface area contributed by atoms with Crippen LogP contribution in [-0.4, -0.2) is 44.9 Å². The Morgan fingerprint density at radius 2 is 1.33 bits per heavy atom.